The molecule has 2 aromatic rings. The summed E-state index contributed by atoms with van der Waals surface area (Å²) in [5.41, 5.74) is 0.490. The smallest absolute Gasteiger partial charge is 0.278 e. The zero-order valence-corrected chi connectivity index (χ0v) is 10.3. The first kappa shape index (κ1) is 12.6. The average molecular weight is 273 g/mol. The summed E-state index contributed by atoms with van der Waals surface area (Å²) in [7, 11) is -3.77. The van der Waals surface area contributed by atoms with Gasteiger partial charge in [0.1, 0.15) is 12.1 Å². The second-order valence-corrected chi connectivity index (χ2v) is 5.16. The van der Waals surface area contributed by atoms with E-state index < -0.39 is 10.0 Å². The Morgan fingerprint density at radius 3 is 2.47 bits per heavy atom. The molecule has 0 saturated carbocycles. The van der Waals surface area contributed by atoms with Gasteiger partial charge in [-0.05, 0) is 24.3 Å². The van der Waals surface area contributed by atoms with Crippen molar-refractivity contribution in [3.63, 3.8) is 0 Å². The number of nitriles is 2. The summed E-state index contributed by atoms with van der Waals surface area (Å²) in [4.78, 5) is 0. The molecule has 0 radical (unpaired) electrons. The van der Waals surface area contributed by atoms with Crippen molar-refractivity contribution in [2.24, 2.45) is 0 Å². The van der Waals surface area contributed by atoms with Crippen LogP contribution in [0.5, 0.6) is 0 Å². The highest BCUT2D eigenvalue weighted by molar-refractivity contribution is 7.92. The van der Waals surface area contributed by atoms with Crippen LogP contribution in [0.25, 0.3) is 0 Å². The first-order valence-corrected chi connectivity index (χ1v) is 6.51. The molecule has 1 aromatic heterocycles. The van der Waals surface area contributed by atoms with E-state index in [0.29, 0.717) is 0 Å². The first-order chi connectivity index (χ1) is 9.06. The number of aromatic nitrogens is 2. The highest BCUT2D eigenvalue weighted by Gasteiger charge is 2.16. The Labute approximate surface area is 109 Å². The van der Waals surface area contributed by atoms with Crippen molar-refractivity contribution in [1.82, 2.24) is 10.2 Å². The van der Waals surface area contributed by atoms with E-state index in [1.165, 1.54) is 30.5 Å². The third-order valence-corrected chi connectivity index (χ3v) is 3.59. The lowest BCUT2D eigenvalue weighted by atomic mass is 10.1. The van der Waals surface area contributed by atoms with Crippen LogP contribution in [-0.4, -0.2) is 18.6 Å². The van der Waals surface area contributed by atoms with Crippen LogP contribution in [0.15, 0.2) is 35.5 Å². The topological polar surface area (TPSA) is 122 Å². The normalized spacial score (nSPS) is 10.4. The maximum absolute atomic E-state index is 11.9. The first-order valence-electron chi connectivity index (χ1n) is 5.03. The molecule has 2 rings (SSSR count). The van der Waals surface area contributed by atoms with Gasteiger partial charge in [0.25, 0.3) is 10.0 Å². The Bertz CT molecular complexity index is 781. The van der Waals surface area contributed by atoms with Gasteiger partial charge in [0.2, 0.25) is 0 Å². The molecule has 0 aliphatic carbocycles. The third kappa shape index (κ3) is 2.54. The minimum absolute atomic E-state index is 0.0876. The van der Waals surface area contributed by atoms with Gasteiger partial charge in [-0.1, -0.05) is 0 Å². The van der Waals surface area contributed by atoms with Gasteiger partial charge in [-0.3, -0.25) is 9.82 Å². The molecular formula is C11H7N5O2S. The van der Waals surface area contributed by atoms with Gasteiger partial charge in [0.15, 0.2) is 5.03 Å². The van der Waals surface area contributed by atoms with Crippen molar-refractivity contribution in [2.45, 2.75) is 5.03 Å². The van der Waals surface area contributed by atoms with E-state index in [1.54, 1.807) is 0 Å². The molecule has 0 spiro atoms. The molecule has 94 valence electrons. The summed E-state index contributed by atoms with van der Waals surface area (Å²) in [6, 6.07) is 9.07. The number of aromatic amines is 1. The van der Waals surface area contributed by atoms with E-state index in [9.17, 15) is 8.42 Å². The van der Waals surface area contributed by atoms with Gasteiger partial charge >= 0.3 is 0 Å². The van der Waals surface area contributed by atoms with Crippen LogP contribution < -0.4 is 4.72 Å². The molecule has 2 N–H and O–H groups in total. The lowest BCUT2D eigenvalue weighted by molar-refractivity contribution is 0.597. The average Bonchev–Trinajstić information content (AvgIpc) is 2.93. The molecule has 0 fully saturated rings. The van der Waals surface area contributed by atoms with Crippen LogP contribution in [-0.2, 0) is 10.0 Å². The maximum Gasteiger partial charge on any atom is 0.278 e. The van der Waals surface area contributed by atoms with Crippen LogP contribution in [0, 0.1) is 22.7 Å². The van der Waals surface area contributed by atoms with Crippen molar-refractivity contribution in [3.05, 3.63) is 41.6 Å². The summed E-state index contributed by atoms with van der Waals surface area (Å²) in [6.07, 6.45) is 1.31. The van der Waals surface area contributed by atoms with E-state index in [0.717, 1.165) is 0 Å². The van der Waals surface area contributed by atoms with Crippen LogP contribution in [0.1, 0.15) is 11.1 Å². The summed E-state index contributed by atoms with van der Waals surface area (Å²) in [6.45, 7) is 0. The fourth-order valence-electron chi connectivity index (χ4n) is 1.40. The van der Waals surface area contributed by atoms with Crippen LogP contribution in [0.2, 0.25) is 0 Å². The van der Waals surface area contributed by atoms with Crippen LogP contribution in [0.3, 0.4) is 0 Å². The van der Waals surface area contributed by atoms with E-state index in [4.69, 9.17) is 10.5 Å². The predicted molar refractivity (Wildman–Crippen MR) is 65.3 cm³/mol. The van der Waals surface area contributed by atoms with Gasteiger partial charge in [-0.25, -0.2) is 0 Å². The number of rotatable bonds is 3. The molecule has 8 heteroatoms. The summed E-state index contributed by atoms with van der Waals surface area (Å²) in [5.74, 6) is 0. The number of H-pyrrole nitrogens is 1. The van der Waals surface area contributed by atoms with E-state index in [2.05, 4.69) is 14.9 Å². The minimum atomic E-state index is -3.77. The monoisotopic (exact) mass is 273 g/mol. The molecule has 7 nitrogen and oxygen atoms in total. The number of sulfonamides is 1. The van der Waals surface area contributed by atoms with E-state index in [1.807, 2.05) is 12.1 Å². The van der Waals surface area contributed by atoms with Crippen LogP contribution in [0.4, 0.5) is 5.69 Å². The lowest BCUT2D eigenvalue weighted by Crippen LogP contribution is -2.13. The van der Waals surface area contributed by atoms with Crippen LogP contribution >= 0.6 is 0 Å². The Morgan fingerprint density at radius 1 is 1.16 bits per heavy atom. The zero-order chi connectivity index (χ0) is 13.9. The second-order valence-electron chi connectivity index (χ2n) is 3.51. The SMILES string of the molecule is N#Cc1ccc(NS(=O)(=O)c2ccn[nH]2)cc1C#N. The summed E-state index contributed by atoms with van der Waals surface area (Å²) in [5, 5.41) is 23.4. The molecule has 0 bridgehead atoms. The highest BCUT2D eigenvalue weighted by Crippen LogP contribution is 2.18. The standard InChI is InChI=1S/C11H7N5O2S/c12-6-8-1-2-10(5-9(8)7-13)16-19(17,18)11-3-4-14-15-11/h1-5,16H,(H,14,15). The molecule has 1 aromatic carbocycles. The molecule has 0 saturated heterocycles. The Kier molecular flexibility index (Phi) is 3.19. The number of benzene rings is 1. The van der Waals surface area contributed by atoms with Gasteiger partial charge < -0.3 is 0 Å². The largest absolute Gasteiger partial charge is 0.278 e. The number of nitrogens with one attached hydrogen (secondary N) is 2. The van der Waals surface area contributed by atoms with Gasteiger partial charge in [0.05, 0.1) is 23.0 Å². The van der Waals surface area contributed by atoms with Gasteiger partial charge in [0, 0.05) is 0 Å². The van der Waals surface area contributed by atoms with Gasteiger partial charge in [-0.15, -0.1) is 0 Å². The van der Waals surface area contributed by atoms with Crippen molar-refractivity contribution in [2.75, 3.05) is 4.72 Å². The molecule has 1 heterocycles. The molecule has 0 aliphatic rings. The number of anilines is 1. The fourth-order valence-corrected chi connectivity index (χ4v) is 2.36. The predicted octanol–water partition coefficient (Wildman–Crippen LogP) is 0.954. The number of nitrogens with zero attached hydrogens (tertiary/aromatic N) is 3. The fraction of sp³-hybridized carbons (Fsp3) is 0. The van der Waals surface area contributed by atoms with Crippen molar-refractivity contribution < 1.29 is 8.42 Å². The number of hydrogen-bond donors (Lipinski definition) is 2. The molecule has 0 amide bonds. The molecular weight excluding hydrogens is 266 g/mol. The molecule has 0 atom stereocenters. The van der Waals surface area contributed by atoms with Crippen molar-refractivity contribution in [1.29, 1.82) is 10.5 Å². The number of hydrogen-bond acceptors (Lipinski definition) is 5. The minimum Gasteiger partial charge on any atom is -0.278 e. The summed E-state index contributed by atoms with van der Waals surface area (Å²) >= 11 is 0. The third-order valence-electron chi connectivity index (χ3n) is 2.28. The maximum atomic E-state index is 11.9. The zero-order valence-electron chi connectivity index (χ0n) is 9.45. The lowest BCUT2D eigenvalue weighted by Gasteiger charge is -2.06. The Hall–Kier alpha value is -2.84. The van der Waals surface area contributed by atoms with Crippen molar-refractivity contribution in [3.8, 4) is 12.1 Å². The highest BCUT2D eigenvalue weighted by atomic mass is 32.2. The van der Waals surface area contributed by atoms with E-state index >= 15 is 0 Å². The second kappa shape index (κ2) is 4.80. The van der Waals surface area contributed by atoms with Crippen molar-refractivity contribution >= 4 is 15.7 Å². The van der Waals surface area contributed by atoms with E-state index in [-0.39, 0.29) is 21.8 Å². The molecule has 19 heavy (non-hydrogen) atoms. The molecule has 0 aliphatic heterocycles. The Balaban J connectivity index is 2.36. The molecule has 0 unspecified atom stereocenters. The quantitative estimate of drug-likeness (QED) is 0.862. The van der Waals surface area contributed by atoms with Gasteiger partial charge in [-0.2, -0.15) is 24.0 Å². The Morgan fingerprint density at radius 2 is 1.89 bits per heavy atom. The summed E-state index contributed by atoms with van der Waals surface area (Å²) < 4.78 is 26.1.